The van der Waals surface area contributed by atoms with Crippen LogP contribution >= 0.6 is 24.0 Å². The van der Waals surface area contributed by atoms with E-state index in [4.69, 9.17) is 0 Å². The van der Waals surface area contributed by atoms with Gasteiger partial charge in [0.25, 0.3) is 0 Å². The number of aromatic nitrogens is 2. The third kappa shape index (κ3) is 6.79. The molecule has 0 aromatic carbocycles. The van der Waals surface area contributed by atoms with Crippen molar-refractivity contribution >= 4 is 35.6 Å². The molecular formula is C20H38IN7. The van der Waals surface area contributed by atoms with Crippen LogP contribution in [0.25, 0.3) is 0 Å². The summed E-state index contributed by atoms with van der Waals surface area (Å²) in [5, 5.41) is 11.5. The van der Waals surface area contributed by atoms with E-state index in [-0.39, 0.29) is 24.0 Å². The van der Waals surface area contributed by atoms with Gasteiger partial charge in [0.05, 0.1) is 11.9 Å². The largest absolute Gasteiger partial charge is 0.367 e. The molecule has 28 heavy (non-hydrogen) atoms. The summed E-state index contributed by atoms with van der Waals surface area (Å²) in [5.74, 6) is 1.80. The predicted octanol–water partition coefficient (Wildman–Crippen LogP) is 2.29. The maximum atomic E-state index is 4.44. The van der Waals surface area contributed by atoms with Crippen LogP contribution in [0, 0.1) is 5.92 Å². The van der Waals surface area contributed by atoms with Crippen LogP contribution in [0.1, 0.15) is 39.0 Å². The zero-order valence-corrected chi connectivity index (χ0v) is 20.1. The predicted molar refractivity (Wildman–Crippen MR) is 128 cm³/mol. The molecule has 1 aromatic heterocycles. The van der Waals surface area contributed by atoms with Crippen molar-refractivity contribution in [3.05, 3.63) is 12.4 Å². The average molecular weight is 503 g/mol. The molecule has 3 rings (SSSR count). The standard InChI is InChI=1S/C20H37N7.HI/c1-4-26-12-8-17(9-13-26)7-10-22-20(21-2)24-18-6-5-11-27(15-18)19-14-23-25(3)16-19;/h14,16-18H,4-13,15H2,1-3H3,(H2,21,22,24);1H. The fourth-order valence-corrected chi connectivity index (χ4v) is 4.28. The summed E-state index contributed by atoms with van der Waals surface area (Å²) in [4.78, 5) is 9.42. The summed E-state index contributed by atoms with van der Waals surface area (Å²) in [6, 6.07) is 0.429. The third-order valence-electron chi connectivity index (χ3n) is 6.04. The monoisotopic (exact) mass is 503 g/mol. The average Bonchev–Trinajstić information content (AvgIpc) is 3.14. The van der Waals surface area contributed by atoms with Crippen molar-refractivity contribution in [2.75, 3.05) is 51.2 Å². The second kappa shape index (κ2) is 11.8. The van der Waals surface area contributed by atoms with Gasteiger partial charge in [-0.15, -0.1) is 24.0 Å². The first-order valence-electron chi connectivity index (χ1n) is 10.6. The number of guanidine groups is 1. The highest BCUT2D eigenvalue weighted by Gasteiger charge is 2.22. The number of hydrogen-bond acceptors (Lipinski definition) is 4. The van der Waals surface area contributed by atoms with Crippen molar-refractivity contribution in [3.8, 4) is 0 Å². The number of nitrogens with zero attached hydrogens (tertiary/aromatic N) is 5. The van der Waals surface area contributed by atoms with E-state index in [0.29, 0.717) is 6.04 Å². The minimum Gasteiger partial charge on any atom is -0.367 e. The Morgan fingerprint density at radius 1 is 1.25 bits per heavy atom. The van der Waals surface area contributed by atoms with E-state index in [1.165, 1.54) is 57.4 Å². The van der Waals surface area contributed by atoms with E-state index in [2.05, 4.69) is 43.6 Å². The summed E-state index contributed by atoms with van der Waals surface area (Å²) in [5.41, 5.74) is 1.21. The highest BCUT2D eigenvalue weighted by atomic mass is 127. The molecule has 0 aliphatic carbocycles. The Labute approximate surface area is 187 Å². The van der Waals surface area contributed by atoms with Gasteiger partial charge in [-0.3, -0.25) is 9.67 Å². The van der Waals surface area contributed by atoms with Gasteiger partial charge < -0.3 is 20.4 Å². The second-order valence-electron chi connectivity index (χ2n) is 7.97. The summed E-state index contributed by atoms with van der Waals surface area (Å²) in [7, 11) is 3.85. The smallest absolute Gasteiger partial charge is 0.191 e. The van der Waals surface area contributed by atoms with Gasteiger partial charge in [-0.2, -0.15) is 5.10 Å². The van der Waals surface area contributed by atoms with Crippen LogP contribution in [0.3, 0.4) is 0 Å². The van der Waals surface area contributed by atoms with Gasteiger partial charge in [0.2, 0.25) is 0 Å². The molecule has 0 saturated carbocycles. The van der Waals surface area contributed by atoms with Crippen molar-refractivity contribution in [1.29, 1.82) is 0 Å². The lowest BCUT2D eigenvalue weighted by Crippen LogP contribution is -2.51. The Balaban J connectivity index is 0.00000280. The highest BCUT2D eigenvalue weighted by molar-refractivity contribution is 14.0. The maximum Gasteiger partial charge on any atom is 0.191 e. The lowest BCUT2D eigenvalue weighted by atomic mass is 9.93. The van der Waals surface area contributed by atoms with Crippen LogP contribution in [0.15, 0.2) is 17.4 Å². The Kier molecular flexibility index (Phi) is 9.84. The highest BCUT2D eigenvalue weighted by Crippen LogP contribution is 2.20. The molecule has 2 N–H and O–H groups in total. The minimum absolute atomic E-state index is 0. The topological polar surface area (TPSA) is 60.7 Å². The van der Waals surface area contributed by atoms with Gasteiger partial charge in [-0.05, 0) is 57.7 Å². The quantitative estimate of drug-likeness (QED) is 0.355. The van der Waals surface area contributed by atoms with Crippen molar-refractivity contribution in [2.45, 2.75) is 45.1 Å². The van der Waals surface area contributed by atoms with Gasteiger partial charge in [-0.25, -0.2) is 0 Å². The van der Waals surface area contributed by atoms with Crippen LogP contribution in [0.4, 0.5) is 5.69 Å². The fraction of sp³-hybridized carbons (Fsp3) is 0.800. The maximum absolute atomic E-state index is 4.44. The number of halogens is 1. The van der Waals surface area contributed by atoms with Crippen LogP contribution < -0.4 is 15.5 Å². The molecule has 0 bridgehead atoms. The molecule has 2 aliphatic heterocycles. The number of piperidine rings is 2. The molecule has 1 unspecified atom stereocenters. The number of aliphatic imine (C=N–C) groups is 1. The Morgan fingerprint density at radius 3 is 2.68 bits per heavy atom. The minimum atomic E-state index is 0. The number of anilines is 1. The molecule has 2 aliphatic rings. The first-order valence-corrected chi connectivity index (χ1v) is 10.6. The summed E-state index contributed by atoms with van der Waals surface area (Å²) >= 11 is 0. The zero-order chi connectivity index (χ0) is 19.1. The summed E-state index contributed by atoms with van der Waals surface area (Å²) in [6.45, 7) is 9.10. The number of aryl methyl sites for hydroxylation is 1. The third-order valence-corrected chi connectivity index (χ3v) is 6.04. The molecule has 8 heteroatoms. The van der Waals surface area contributed by atoms with Crippen LogP contribution in [-0.4, -0.2) is 73.0 Å². The Hall–Kier alpha value is -1.03. The van der Waals surface area contributed by atoms with Gasteiger partial charge >= 0.3 is 0 Å². The van der Waals surface area contributed by atoms with Crippen molar-refractivity contribution in [2.24, 2.45) is 18.0 Å². The SMILES string of the molecule is CCN1CCC(CCNC(=NC)NC2CCCN(c3cnn(C)c3)C2)CC1.I. The van der Waals surface area contributed by atoms with E-state index in [9.17, 15) is 0 Å². The molecular weight excluding hydrogens is 465 g/mol. The molecule has 1 atom stereocenters. The lowest BCUT2D eigenvalue weighted by Gasteiger charge is -2.34. The molecule has 2 fully saturated rings. The number of nitrogens with one attached hydrogen (secondary N) is 2. The van der Waals surface area contributed by atoms with E-state index < -0.39 is 0 Å². The number of rotatable bonds is 6. The fourth-order valence-electron chi connectivity index (χ4n) is 4.28. The van der Waals surface area contributed by atoms with Gasteiger partial charge in [0.1, 0.15) is 0 Å². The molecule has 0 radical (unpaired) electrons. The lowest BCUT2D eigenvalue weighted by molar-refractivity contribution is 0.187. The van der Waals surface area contributed by atoms with Crippen molar-refractivity contribution in [3.63, 3.8) is 0 Å². The van der Waals surface area contributed by atoms with E-state index >= 15 is 0 Å². The molecule has 7 nitrogen and oxygen atoms in total. The van der Waals surface area contributed by atoms with Crippen molar-refractivity contribution in [1.82, 2.24) is 25.3 Å². The number of likely N-dealkylation sites (tertiary alicyclic amines) is 1. The summed E-state index contributed by atoms with van der Waals surface area (Å²) in [6.07, 6.45) is 10.4. The molecule has 1 aromatic rings. The Morgan fingerprint density at radius 2 is 2.04 bits per heavy atom. The molecule has 0 amide bonds. The van der Waals surface area contributed by atoms with Crippen LogP contribution in [0.5, 0.6) is 0 Å². The normalized spacial score (nSPS) is 22.0. The van der Waals surface area contributed by atoms with Gasteiger partial charge in [0.15, 0.2) is 5.96 Å². The molecule has 2 saturated heterocycles. The zero-order valence-electron chi connectivity index (χ0n) is 17.7. The van der Waals surface area contributed by atoms with E-state index in [0.717, 1.165) is 31.5 Å². The van der Waals surface area contributed by atoms with Gasteiger partial charge in [-0.1, -0.05) is 6.92 Å². The first kappa shape index (κ1) is 23.3. The van der Waals surface area contributed by atoms with Crippen LogP contribution in [-0.2, 0) is 7.05 Å². The first-order chi connectivity index (χ1) is 13.2. The van der Waals surface area contributed by atoms with Gasteiger partial charge in [0, 0.05) is 46.0 Å². The van der Waals surface area contributed by atoms with E-state index in [1.807, 2.05) is 25.0 Å². The summed E-state index contributed by atoms with van der Waals surface area (Å²) < 4.78 is 1.87. The molecule has 3 heterocycles. The Bertz CT molecular complexity index is 595. The molecule has 0 spiro atoms. The van der Waals surface area contributed by atoms with Crippen molar-refractivity contribution < 1.29 is 0 Å². The molecule has 160 valence electrons. The van der Waals surface area contributed by atoms with Crippen LogP contribution in [0.2, 0.25) is 0 Å². The van der Waals surface area contributed by atoms with E-state index in [1.54, 1.807) is 0 Å². The number of hydrogen-bond donors (Lipinski definition) is 2. The second-order valence-corrected chi connectivity index (χ2v) is 7.97.